The first-order valence-corrected chi connectivity index (χ1v) is 6.28. The van der Waals surface area contributed by atoms with Gasteiger partial charge in [0.2, 0.25) is 0 Å². The molecule has 0 radical (unpaired) electrons. The number of aliphatic carboxylic acids is 1. The molecule has 18 heavy (non-hydrogen) atoms. The molecule has 1 unspecified atom stereocenters. The number of carbonyl (C=O) groups is 1. The lowest BCUT2D eigenvalue weighted by Gasteiger charge is -2.34. The van der Waals surface area contributed by atoms with Crippen LogP contribution >= 0.6 is 0 Å². The number of hydrogen-bond acceptors (Lipinski definition) is 2. The molecule has 0 amide bonds. The van der Waals surface area contributed by atoms with Crippen LogP contribution in [0.15, 0.2) is 36.4 Å². The summed E-state index contributed by atoms with van der Waals surface area (Å²) in [7, 11) is 0. The first kappa shape index (κ1) is 12.8. The van der Waals surface area contributed by atoms with Gasteiger partial charge in [-0.25, -0.2) is 0 Å². The van der Waals surface area contributed by atoms with Crippen molar-refractivity contribution in [3.8, 4) is 0 Å². The van der Waals surface area contributed by atoms with Crippen LogP contribution in [0.3, 0.4) is 0 Å². The molecular formula is C15H19NO2. The van der Waals surface area contributed by atoms with Gasteiger partial charge in [0.1, 0.15) is 6.04 Å². The fourth-order valence-electron chi connectivity index (χ4n) is 2.48. The topological polar surface area (TPSA) is 40.5 Å². The van der Waals surface area contributed by atoms with E-state index in [-0.39, 0.29) is 0 Å². The molecule has 1 aliphatic rings. The minimum Gasteiger partial charge on any atom is -0.480 e. The lowest BCUT2D eigenvalue weighted by atomic mass is 9.92. The molecule has 0 spiro atoms. The standard InChI is InChI=1S/C15H19NO2/c1-11(2)7-9-16-10-8-12-5-3-4-6-13(12)14(16)15(17)18/h3-6,14H,1,7-10H2,2H3,(H,17,18). The summed E-state index contributed by atoms with van der Waals surface area (Å²) in [5.41, 5.74) is 3.20. The minimum absolute atomic E-state index is 0.505. The van der Waals surface area contributed by atoms with Gasteiger partial charge in [-0.2, -0.15) is 0 Å². The lowest BCUT2D eigenvalue weighted by Crippen LogP contribution is -2.40. The highest BCUT2D eigenvalue weighted by atomic mass is 16.4. The molecule has 1 N–H and O–H groups in total. The summed E-state index contributed by atoms with van der Waals surface area (Å²) in [6.45, 7) is 7.43. The average molecular weight is 245 g/mol. The second-order valence-corrected chi connectivity index (χ2v) is 4.93. The Morgan fingerprint density at radius 1 is 1.50 bits per heavy atom. The molecule has 1 atom stereocenters. The first-order chi connectivity index (χ1) is 8.59. The molecule has 0 fully saturated rings. The predicted octanol–water partition coefficient (Wildman–Crippen LogP) is 2.64. The van der Waals surface area contributed by atoms with Crippen LogP contribution in [-0.4, -0.2) is 29.1 Å². The third-order valence-corrected chi connectivity index (χ3v) is 3.44. The van der Waals surface area contributed by atoms with Crippen LogP contribution in [-0.2, 0) is 11.2 Å². The van der Waals surface area contributed by atoms with Gasteiger partial charge < -0.3 is 5.11 Å². The summed E-state index contributed by atoms with van der Waals surface area (Å²) in [5.74, 6) is -0.760. The molecule has 1 heterocycles. The molecule has 3 heteroatoms. The van der Waals surface area contributed by atoms with E-state index in [9.17, 15) is 9.90 Å². The Morgan fingerprint density at radius 2 is 2.22 bits per heavy atom. The summed E-state index contributed by atoms with van der Waals surface area (Å²) >= 11 is 0. The Balaban J connectivity index is 2.24. The van der Waals surface area contributed by atoms with Crippen LogP contribution < -0.4 is 0 Å². The largest absolute Gasteiger partial charge is 0.480 e. The van der Waals surface area contributed by atoms with Gasteiger partial charge in [-0.05, 0) is 30.9 Å². The molecule has 0 saturated carbocycles. The fraction of sp³-hybridized carbons (Fsp3) is 0.400. The van der Waals surface area contributed by atoms with Crippen LogP contribution in [0.1, 0.15) is 30.5 Å². The van der Waals surface area contributed by atoms with Crippen molar-refractivity contribution in [3.05, 3.63) is 47.5 Å². The molecule has 1 aliphatic heterocycles. The lowest BCUT2D eigenvalue weighted by molar-refractivity contribution is -0.144. The third-order valence-electron chi connectivity index (χ3n) is 3.44. The molecule has 0 aromatic heterocycles. The maximum Gasteiger partial charge on any atom is 0.325 e. The quantitative estimate of drug-likeness (QED) is 0.829. The van der Waals surface area contributed by atoms with E-state index >= 15 is 0 Å². The molecule has 1 aromatic rings. The zero-order valence-electron chi connectivity index (χ0n) is 10.7. The molecule has 96 valence electrons. The van der Waals surface area contributed by atoms with Crippen molar-refractivity contribution in [1.82, 2.24) is 4.90 Å². The van der Waals surface area contributed by atoms with Crippen molar-refractivity contribution in [3.63, 3.8) is 0 Å². The van der Waals surface area contributed by atoms with E-state index in [0.29, 0.717) is 0 Å². The Kier molecular flexibility index (Phi) is 3.82. The van der Waals surface area contributed by atoms with Crippen LogP contribution in [0.2, 0.25) is 0 Å². The predicted molar refractivity (Wildman–Crippen MR) is 71.5 cm³/mol. The monoisotopic (exact) mass is 245 g/mol. The van der Waals surface area contributed by atoms with E-state index in [1.165, 1.54) is 0 Å². The number of fused-ring (bicyclic) bond motifs is 1. The van der Waals surface area contributed by atoms with E-state index in [1.54, 1.807) is 0 Å². The van der Waals surface area contributed by atoms with Crippen molar-refractivity contribution in [2.24, 2.45) is 0 Å². The van der Waals surface area contributed by atoms with Gasteiger partial charge in [-0.1, -0.05) is 29.8 Å². The van der Waals surface area contributed by atoms with Gasteiger partial charge in [-0.15, -0.1) is 6.58 Å². The van der Waals surface area contributed by atoms with E-state index in [0.717, 1.165) is 42.6 Å². The third kappa shape index (κ3) is 2.62. The maximum absolute atomic E-state index is 11.5. The maximum atomic E-state index is 11.5. The summed E-state index contributed by atoms with van der Waals surface area (Å²) in [6.07, 6.45) is 1.78. The van der Waals surface area contributed by atoms with Crippen molar-refractivity contribution < 1.29 is 9.90 Å². The van der Waals surface area contributed by atoms with Crippen molar-refractivity contribution >= 4 is 5.97 Å². The van der Waals surface area contributed by atoms with Crippen LogP contribution in [0.25, 0.3) is 0 Å². The highest BCUT2D eigenvalue weighted by molar-refractivity contribution is 5.76. The van der Waals surface area contributed by atoms with E-state index in [4.69, 9.17) is 0 Å². The smallest absolute Gasteiger partial charge is 0.325 e. The van der Waals surface area contributed by atoms with E-state index in [1.807, 2.05) is 36.1 Å². The Bertz CT molecular complexity index is 467. The van der Waals surface area contributed by atoms with Gasteiger partial charge in [0.05, 0.1) is 0 Å². The van der Waals surface area contributed by atoms with Gasteiger partial charge in [0.15, 0.2) is 0 Å². The zero-order valence-corrected chi connectivity index (χ0v) is 10.7. The first-order valence-electron chi connectivity index (χ1n) is 6.28. The molecule has 0 bridgehead atoms. The second kappa shape index (κ2) is 5.36. The van der Waals surface area contributed by atoms with Gasteiger partial charge >= 0.3 is 5.97 Å². The number of carboxylic acid groups (broad SMARTS) is 1. The average Bonchev–Trinajstić information content (AvgIpc) is 2.35. The minimum atomic E-state index is -0.760. The van der Waals surface area contributed by atoms with Gasteiger partial charge in [0, 0.05) is 13.1 Å². The van der Waals surface area contributed by atoms with Crippen molar-refractivity contribution in [1.29, 1.82) is 0 Å². The molecule has 3 nitrogen and oxygen atoms in total. The summed E-state index contributed by atoms with van der Waals surface area (Å²) < 4.78 is 0. The van der Waals surface area contributed by atoms with Crippen LogP contribution in [0.5, 0.6) is 0 Å². The molecule has 2 rings (SSSR count). The molecule has 0 saturated heterocycles. The number of nitrogens with zero attached hydrogens (tertiary/aromatic N) is 1. The molecule has 1 aromatic carbocycles. The second-order valence-electron chi connectivity index (χ2n) is 4.93. The van der Waals surface area contributed by atoms with Gasteiger partial charge in [-0.3, -0.25) is 9.69 Å². The Labute approximate surface area is 108 Å². The van der Waals surface area contributed by atoms with Crippen molar-refractivity contribution in [2.75, 3.05) is 13.1 Å². The normalized spacial score (nSPS) is 19.3. The molecule has 0 aliphatic carbocycles. The SMILES string of the molecule is C=C(C)CCN1CCc2ccccc2C1C(=O)O. The number of hydrogen-bond donors (Lipinski definition) is 1. The van der Waals surface area contributed by atoms with E-state index in [2.05, 4.69) is 6.58 Å². The number of carboxylic acids is 1. The van der Waals surface area contributed by atoms with Gasteiger partial charge in [0.25, 0.3) is 0 Å². The summed E-state index contributed by atoms with van der Waals surface area (Å²) in [4.78, 5) is 13.5. The number of rotatable bonds is 4. The Morgan fingerprint density at radius 3 is 2.89 bits per heavy atom. The van der Waals surface area contributed by atoms with Crippen LogP contribution in [0, 0.1) is 0 Å². The zero-order chi connectivity index (χ0) is 13.1. The van der Waals surface area contributed by atoms with E-state index < -0.39 is 12.0 Å². The highest BCUT2D eigenvalue weighted by Gasteiger charge is 2.32. The fourth-order valence-corrected chi connectivity index (χ4v) is 2.48. The van der Waals surface area contributed by atoms with Crippen molar-refractivity contribution in [2.45, 2.75) is 25.8 Å². The summed E-state index contributed by atoms with van der Waals surface area (Å²) in [5, 5.41) is 9.46. The van der Waals surface area contributed by atoms with Crippen LogP contribution in [0.4, 0.5) is 0 Å². The Hall–Kier alpha value is -1.61. The molecular weight excluding hydrogens is 226 g/mol. The summed E-state index contributed by atoms with van der Waals surface area (Å²) in [6, 6.07) is 7.34. The number of benzene rings is 1. The highest BCUT2D eigenvalue weighted by Crippen LogP contribution is 2.30.